The molecule has 1 aliphatic rings. The van der Waals surface area contributed by atoms with E-state index in [0.29, 0.717) is 6.42 Å². The van der Waals surface area contributed by atoms with Gasteiger partial charge >= 0.3 is 0 Å². The van der Waals surface area contributed by atoms with Crippen LogP contribution in [0, 0.1) is 5.82 Å². The molecular weight excluding hydrogens is 271 g/mol. The zero-order valence-electron chi connectivity index (χ0n) is 10.5. The molecule has 6 heteroatoms. The van der Waals surface area contributed by atoms with E-state index in [2.05, 4.69) is 5.32 Å². The lowest BCUT2D eigenvalue weighted by molar-refractivity contribution is -0.150. The van der Waals surface area contributed by atoms with E-state index in [4.69, 9.17) is 11.6 Å². The Labute approximate surface area is 115 Å². The molecule has 1 aromatic carbocycles. The lowest BCUT2D eigenvalue weighted by Gasteiger charge is -2.31. The third-order valence-electron chi connectivity index (χ3n) is 3.12. The Morgan fingerprint density at radius 1 is 1.47 bits per heavy atom. The molecule has 2 rings (SSSR count). The number of imide groups is 1. The SMILES string of the molecule is CCC1NCC(=O)N(Cc2ccc(Cl)cc2F)C1=O. The van der Waals surface area contributed by atoms with E-state index in [0.717, 1.165) is 4.90 Å². The highest BCUT2D eigenvalue weighted by Gasteiger charge is 2.33. The first-order valence-corrected chi connectivity index (χ1v) is 6.42. The smallest absolute Gasteiger partial charge is 0.246 e. The average molecular weight is 285 g/mol. The molecule has 1 heterocycles. The number of piperazine rings is 1. The molecule has 1 unspecified atom stereocenters. The van der Waals surface area contributed by atoms with Crippen LogP contribution in [0.4, 0.5) is 4.39 Å². The summed E-state index contributed by atoms with van der Waals surface area (Å²) in [7, 11) is 0. The summed E-state index contributed by atoms with van der Waals surface area (Å²) in [6, 6.07) is 3.81. The highest BCUT2D eigenvalue weighted by atomic mass is 35.5. The maximum Gasteiger partial charge on any atom is 0.246 e. The van der Waals surface area contributed by atoms with Gasteiger partial charge in [0.25, 0.3) is 0 Å². The Balaban J connectivity index is 2.20. The van der Waals surface area contributed by atoms with E-state index >= 15 is 0 Å². The van der Waals surface area contributed by atoms with Gasteiger partial charge in [0.15, 0.2) is 0 Å². The number of carbonyl (C=O) groups is 2. The van der Waals surface area contributed by atoms with Crippen LogP contribution in [0.15, 0.2) is 18.2 Å². The fraction of sp³-hybridized carbons (Fsp3) is 0.385. The lowest BCUT2D eigenvalue weighted by Crippen LogP contribution is -2.57. The summed E-state index contributed by atoms with van der Waals surface area (Å²) in [5.41, 5.74) is 0.280. The molecule has 4 nitrogen and oxygen atoms in total. The minimum atomic E-state index is -0.514. The Morgan fingerprint density at radius 2 is 2.21 bits per heavy atom. The molecule has 1 fully saturated rings. The number of nitrogens with one attached hydrogen (secondary N) is 1. The standard InChI is InChI=1S/C13H14ClFN2O2/c1-2-11-13(19)17(12(18)6-16-11)7-8-3-4-9(14)5-10(8)15/h3-5,11,16H,2,6-7H2,1H3. The van der Waals surface area contributed by atoms with Crippen LogP contribution in [0.1, 0.15) is 18.9 Å². The summed E-state index contributed by atoms with van der Waals surface area (Å²) in [5, 5.41) is 3.14. The summed E-state index contributed by atoms with van der Waals surface area (Å²) in [5.74, 6) is -1.17. The van der Waals surface area contributed by atoms with Crippen LogP contribution in [-0.2, 0) is 16.1 Å². The summed E-state index contributed by atoms with van der Waals surface area (Å²) in [6.07, 6.45) is 0.589. The minimum absolute atomic E-state index is 0.0567. The Kier molecular flexibility index (Phi) is 4.17. The van der Waals surface area contributed by atoms with Gasteiger partial charge in [0, 0.05) is 10.6 Å². The zero-order chi connectivity index (χ0) is 14.0. The molecule has 0 saturated carbocycles. The number of rotatable bonds is 3. The van der Waals surface area contributed by atoms with Crippen LogP contribution >= 0.6 is 11.6 Å². The second-order valence-corrected chi connectivity index (χ2v) is 4.83. The van der Waals surface area contributed by atoms with Gasteiger partial charge in [-0.3, -0.25) is 19.8 Å². The van der Waals surface area contributed by atoms with E-state index in [-0.39, 0.29) is 41.5 Å². The summed E-state index contributed by atoms with van der Waals surface area (Å²) >= 11 is 5.67. The van der Waals surface area contributed by atoms with E-state index in [1.165, 1.54) is 18.2 Å². The molecule has 1 aromatic rings. The van der Waals surface area contributed by atoms with Crippen LogP contribution in [0.5, 0.6) is 0 Å². The Morgan fingerprint density at radius 3 is 2.84 bits per heavy atom. The van der Waals surface area contributed by atoms with E-state index in [1.54, 1.807) is 0 Å². The molecule has 19 heavy (non-hydrogen) atoms. The molecule has 2 amide bonds. The zero-order valence-corrected chi connectivity index (χ0v) is 11.2. The first-order valence-electron chi connectivity index (χ1n) is 6.04. The molecule has 1 saturated heterocycles. The van der Waals surface area contributed by atoms with E-state index < -0.39 is 5.82 Å². The van der Waals surface area contributed by atoms with Crippen molar-refractivity contribution < 1.29 is 14.0 Å². The fourth-order valence-corrected chi connectivity index (χ4v) is 2.17. The van der Waals surface area contributed by atoms with E-state index in [1.807, 2.05) is 6.92 Å². The quantitative estimate of drug-likeness (QED) is 0.860. The predicted octanol–water partition coefficient (Wildman–Crippen LogP) is 1.72. The van der Waals surface area contributed by atoms with Gasteiger partial charge in [-0.2, -0.15) is 0 Å². The molecule has 0 spiro atoms. The molecular formula is C13H14ClFN2O2. The van der Waals surface area contributed by atoms with Crippen molar-refractivity contribution in [2.75, 3.05) is 6.54 Å². The fourth-order valence-electron chi connectivity index (χ4n) is 2.01. The molecule has 0 aliphatic carbocycles. The molecule has 0 bridgehead atoms. The number of benzene rings is 1. The number of carbonyl (C=O) groups excluding carboxylic acids is 2. The van der Waals surface area contributed by atoms with Gasteiger partial charge in [-0.15, -0.1) is 0 Å². The summed E-state index contributed by atoms with van der Waals surface area (Å²) in [6.45, 7) is 1.89. The highest BCUT2D eigenvalue weighted by Crippen LogP contribution is 2.18. The van der Waals surface area contributed by atoms with Gasteiger partial charge in [-0.05, 0) is 18.6 Å². The van der Waals surface area contributed by atoms with Crippen LogP contribution in [0.25, 0.3) is 0 Å². The van der Waals surface area contributed by atoms with Gasteiger partial charge in [-0.1, -0.05) is 24.6 Å². The number of hydrogen-bond donors (Lipinski definition) is 1. The minimum Gasteiger partial charge on any atom is -0.297 e. The van der Waals surface area contributed by atoms with Crippen molar-refractivity contribution in [2.45, 2.75) is 25.9 Å². The third-order valence-corrected chi connectivity index (χ3v) is 3.35. The normalized spacial score (nSPS) is 19.9. The first kappa shape index (κ1) is 14.0. The van der Waals surface area contributed by atoms with Gasteiger partial charge < -0.3 is 0 Å². The van der Waals surface area contributed by atoms with Crippen molar-refractivity contribution in [3.63, 3.8) is 0 Å². The maximum atomic E-state index is 13.7. The van der Waals surface area contributed by atoms with Gasteiger partial charge in [-0.25, -0.2) is 4.39 Å². The van der Waals surface area contributed by atoms with Crippen molar-refractivity contribution in [3.8, 4) is 0 Å². The van der Waals surface area contributed by atoms with E-state index in [9.17, 15) is 14.0 Å². The van der Waals surface area contributed by atoms with Crippen molar-refractivity contribution in [3.05, 3.63) is 34.6 Å². The number of amides is 2. The number of nitrogens with zero attached hydrogens (tertiary/aromatic N) is 1. The topological polar surface area (TPSA) is 49.4 Å². The van der Waals surface area contributed by atoms with Crippen LogP contribution in [-0.4, -0.2) is 29.3 Å². The van der Waals surface area contributed by atoms with Gasteiger partial charge in [0.1, 0.15) is 5.82 Å². The molecule has 0 radical (unpaired) electrons. The van der Waals surface area contributed by atoms with Crippen LogP contribution < -0.4 is 5.32 Å². The van der Waals surface area contributed by atoms with Crippen LogP contribution in [0.3, 0.4) is 0 Å². The monoisotopic (exact) mass is 284 g/mol. The molecule has 0 aromatic heterocycles. The van der Waals surface area contributed by atoms with Crippen molar-refractivity contribution in [1.82, 2.24) is 10.2 Å². The molecule has 1 atom stereocenters. The Hall–Kier alpha value is -1.46. The van der Waals surface area contributed by atoms with Gasteiger partial charge in [0.05, 0.1) is 19.1 Å². The molecule has 102 valence electrons. The number of hydrogen-bond acceptors (Lipinski definition) is 3. The molecule has 1 N–H and O–H groups in total. The Bertz CT molecular complexity index is 521. The van der Waals surface area contributed by atoms with Crippen molar-refractivity contribution in [2.24, 2.45) is 0 Å². The van der Waals surface area contributed by atoms with Crippen LogP contribution in [0.2, 0.25) is 5.02 Å². The average Bonchev–Trinajstić information content (AvgIpc) is 2.37. The lowest BCUT2D eigenvalue weighted by atomic mass is 10.1. The number of halogens is 2. The summed E-state index contributed by atoms with van der Waals surface area (Å²) in [4.78, 5) is 24.9. The van der Waals surface area contributed by atoms with Gasteiger partial charge in [0.2, 0.25) is 11.8 Å². The predicted molar refractivity (Wildman–Crippen MR) is 69.0 cm³/mol. The largest absolute Gasteiger partial charge is 0.297 e. The first-order chi connectivity index (χ1) is 9.02. The third kappa shape index (κ3) is 2.93. The maximum absolute atomic E-state index is 13.7. The van der Waals surface area contributed by atoms with Crippen molar-refractivity contribution >= 4 is 23.4 Å². The molecule has 1 aliphatic heterocycles. The van der Waals surface area contributed by atoms with Crippen molar-refractivity contribution in [1.29, 1.82) is 0 Å². The second-order valence-electron chi connectivity index (χ2n) is 4.40. The highest BCUT2D eigenvalue weighted by molar-refractivity contribution is 6.30. The second kappa shape index (κ2) is 5.67. The summed E-state index contributed by atoms with van der Waals surface area (Å²) < 4.78 is 13.7.